The number of nitrogens with zero attached hydrogens (tertiary/aromatic N) is 3. The third-order valence-corrected chi connectivity index (χ3v) is 2.77. The second-order valence-electron chi connectivity index (χ2n) is 4.41. The number of nitrogens with two attached hydrogens (primary N) is 1. The van der Waals surface area contributed by atoms with Crippen molar-refractivity contribution in [2.45, 2.75) is 19.4 Å². The number of carbonyl (C=O) groups excluding carboxylic acids is 1. The molecule has 0 fully saturated rings. The normalized spacial score (nSPS) is 11.6. The average Bonchev–Trinajstić information content (AvgIpc) is 2.56. The highest BCUT2D eigenvalue weighted by Crippen LogP contribution is 2.18. The largest absolute Gasteiger partial charge is 0.396 e. The fourth-order valence-corrected chi connectivity index (χ4v) is 1.26. The lowest BCUT2D eigenvalue weighted by atomic mass is 10.0. The van der Waals surface area contributed by atoms with Gasteiger partial charge in [0.15, 0.2) is 0 Å². The van der Waals surface area contributed by atoms with Gasteiger partial charge < -0.3 is 15.7 Å². The lowest BCUT2D eigenvalue weighted by Gasteiger charge is -2.33. The molecule has 3 N–H and O–H groups in total. The van der Waals surface area contributed by atoms with Crippen LogP contribution in [0.4, 0.5) is 5.69 Å². The summed E-state index contributed by atoms with van der Waals surface area (Å²) < 4.78 is 1.43. The Balaban J connectivity index is 3.04. The molecule has 0 atom stereocenters. The van der Waals surface area contributed by atoms with Crippen LogP contribution < -0.4 is 5.73 Å². The minimum absolute atomic E-state index is 0.118. The van der Waals surface area contributed by atoms with Crippen molar-refractivity contribution in [1.29, 1.82) is 0 Å². The van der Waals surface area contributed by atoms with Gasteiger partial charge in [0.1, 0.15) is 5.69 Å². The first-order valence-corrected chi connectivity index (χ1v) is 4.97. The van der Waals surface area contributed by atoms with E-state index in [4.69, 9.17) is 5.73 Å². The van der Waals surface area contributed by atoms with E-state index in [1.165, 1.54) is 15.8 Å². The SMILES string of the molecule is CN(C(=O)c1c(N)cnn1C)C(C)(C)CO. The highest BCUT2D eigenvalue weighted by molar-refractivity contribution is 5.97. The quantitative estimate of drug-likeness (QED) is 0.750. The molecule has 90 valence electrons. The Bertz CT molecular complexity index is 378. The fraction of sp³-hybridized carbons (Fsp3) is 0.600. The lowest BCUT2D eigenvalue weighted by molar-refractivity contribution is 0.0464. The van der Waals surface area contributed by atoms with E-state index in [9.17, 15) is 9.90 Å². The zero-order valence-electron chi connectivity index (χ0n) is 10.1. The van der Waals surface area contributed by atoms with Crippen molar-refractivity contribution >= 4 is 11.6 Å². The minimum Gasteiger partial charge on any atom is -0.396 e. The van der Waals surface area contributed by atoms with Gasteiger partial charge in [-0.25, -0.2) is 0 Å². The Morgan fingerprint density at radius 2 is 2.25 bits per heavy atom. The molecule has 1 amide bonds. The van der Waals surface area contributed by atoms with Crippen LogP contribution in [-0.4, -0.2) is 44.9 Å². The number of anilines is 1. The van der Waals surface area contributed by atoms with Crippen LogP contribution in [0.2, 0.25) is 0 Å². The zero-order chi connectivity index (χ0) is 12.5. The number of hydrogen-bond donors (Lipinski definition) is 2. The first-order chi connectivity index (χ1) is 7.31. The van der Waals surface area contributed by atoms with Crippen molar-refractivity contribution < 1.29 is 9.90 Å². The van der Waals surface area contributed by atoms with Gasteiger partial charge in [-0.3, -0.25) is 9.48 Å². The summed E-state index contributed by atoms with van der Waals surface area (Å²) in [4.78, 5) is 13.6. The molecular weight excluding hydrogens is 208 g/mol. The van der Waals surface area contributed by atoms with Crippen molar-refractivity contribution in [3.05, 3.63) is 11.9 Å². The van der Waals surface area contributed by atoms with E-state index >= 15 is 0 Å². The van der Waals surface area contributed by atoms with Gasteiger partial charge in [-0.05, 0) is 13.8 Å². The molecule has 0 unspecified atom stereocenters. The topological polar surface area (TPSA) is 84.4 Å². The van der Waals surface area contributed by atoms with Crippen LogP contribution in [0.5, 0.6) is 0 Å². The predicted octanol–water partition coefficient (Wildman–Crippen LogP) is -0.155. The maximum Gasteiger partial charge on any atom is 0.274 e. The smallest absolute Gasteiger partial charge is 0.274 e. The van der Waals surface area contributed by atoms with E-state index in [1.54, 1.807) is 27.9 Å². The number of hydrogen-bond acceptors (Lipinski definition) is 4. The van der Waals surface area contributed by atoms with Gasteiger partial charge in [0.25, 0.3) is 5.91 Å². The van der Waals surface area contributed by atoms with Crippen molar-refractivity contribution in [3.63, 3.8) is 0 Å². The molecule has 1 aromatic heterocycles. The Morgan fingerprint density at radius 1 is 1.69 bits per heavy atom. The van der Waals surface area contributed by atoms with Crippen LogP contribution in [0.25, 0.3) is 0 Å². The Hall–Kier alpha value is -1.56. The molecule has 0 bridgehead atoms. The Morgan fingerprint density at radius 3 is 2.62 bits per heavy atom. The molecule has 1 heterocycles. The van der Waals surface area contributed by atoms with Crippen LogP contribution in [0.1, 0.15) is 24.3 Å². The van der Waals surface area contributed by atoms with Gasteiger partial charge in [-0.2, -0.15) is 5.10 Å². The number of aryl methyl sites for hydroxylation is 1. The van der Waals surface area contributed by atoms with Crippen molar-refractivity contribution in [2.75, 3.05) is 19.4 Å². The van der Waals surface area contributed by atoms with Gasteiger partial charge in [-0.15, -0.1) is 0 Å². The first kappa shape index (κ1) is 12.5. The van der Waals surface area contributed by atoms with Gasteiger partial charge in [-0.1, -0.05) is 0 Å². The van der Waals surface area contributed by atoms with E-state index < -0.39 is 5.54 Å². The van der Waals surface area contributed by atoms with Crippen LogP contribution in [0.15, 0.2) is 6.20 Å². The van der Waals surface area contributed by atoms with Crippen LogP contribution >= 0.6 is 0 Å². The van der Waals surface area contributed by atoms with E-state index in [1.807, 2.05) is 0 Å². The molecule has 0 saturated heterocycles. The summed E-state index contributed by atoms with van der Waals surface area (Å²) in [5.74, 6) is -0.253. The summed E-state index contributed by atoms with van der Waals surface area (Å²) in [6.07, 6.45) is 1.44. The summed E-state index contributed by atoms with van der Waals surface area (Å²) in [6, 6.07) is 0. The summed E-state index contributed by atoms with van der Waals surface area (Å²) in [7, 11) is 3.29. The third kappa shape index (κ3) is 2.01. The number of carbonyl (C=O) groups is 1. The molecule has 0 radical (unpaired) electrons. The Kier molecular flexibility index (Phi) is 3.23. The van der Waals surface area contributed by atoms with Crippen LogP contribution in [-0.2, 0) is 7.05 Å². The molecule has 0 aliphatic carbocycles. The number of likely N-dealkylation sites (N-methyl/N-ethyl adjacent to an activating group) is 1. The second-order valence-corrected chi connectivity index (χ2v) is 4.41. The van der Waals surface area contributed by atoms with E-state index in [0.717, 1.165) is 0 Å². The summed E-state index contributed by atoms with van der Waals surface area (Å²) in [6.45, 7) is 3.43. The van der Waals surface area contributed by atoms with Crippen molar-refractivity contribution in [2.24, 2.45) is 7.05 Å². The number of nitrogen functional groups attached to an aromatic ring is 1. The molecule has 1 aromatic rings. The van der Waals surface area contributed by atoms with E-state index in [0.29, 0.717) is 11.4 Å². The van der Waals surface area contributed by atoms with Crippen molar-refractivity contribution in [1.82, 2.24) is 14.7 Å². The van der Waals surface area contributed by atoms with Gasteiger partial charge in [0.05, 0.1) is 24.0 Å². The number of aliphatic hydroxyl groups is 1. The molecule has 16 heavy (non-hydrogen) atoms. The number of amides is 1. The average molecular weight is 226 g/mol. The highest BCUT2D eigenvalue weighted by atomic mass is 16.3. The zero-order valence-corrected chi connectivity index (χ0v) is 10.1. The van der Waals surface area contributed by atoms with E-state index in [-0.39, 0.29) is 12.5 Å². The third-order valence-electron chi connectivity index (χ3n) is 2.77. The molecule has 0 aliphatic heterocycles. The number of aromatic nitrogens is 2. The van der Waals surface area contributed by atoms with Gasteiger partial charge in [0, 0.05) is 14.1 Å². The molecule has 1 rings (SSSR count). The monoisotopic (exact) mass is 226 g/mol. The first-order valence-electron chi connectivity index (χ1n) is 4.97. The second kappa shape index (κ2) is 4.13. The molecule has 6 nitrogen and oxygen atoms in total. The maximum absolute atomic E-state index is 12.1. The van der Waals surface area contributed by atoms with Gasteiger partial charge in [0.2, 0.25) is 0 Å². The summed E-state index contributed by atoms with van der Waals surface area (Å²) in [5, 5.41) is 13.1. The molecule has 0 aromatic carbocycles. The predicted molar refractivity (Wildman–Crippen MR) is 60.9 cm³/mol. The fourth-order valence-electron chi connectivity index (χ4n) is 1.26. The molecule has 0 aliphatic rings. The highest BCUT2D eigenvalue weighted by Gasteiger charge is 2.30. The minimum atomic E-state index is -0.631. The Labute approximate surface area is 94.6 Å². The maximum atomic E-state index is 12.1. The summed E-state index contributed by atoms with van der Waals surface area (Å²) >= 11 is 0. The standard InChI is InChI=1S/C10H18N4O2/c1-10(2,6-15)13(3)9(16)8-7(11)5-12-14(8)4/h5,15H,6,11H2,1-4H3. The van der Waals surface area contributed by atoms with E-state index in [2.05, 4.69) is 5.10 Å². The summed E-state index contributed by atoms with van der Waals surface area (Å²) in [5.41, 5.74) is 5.72. The van der Waals surface area contributed by atoms with Crippen LogP contribution in [0, 0.1) is 0 Å². The molecule has 0 spiro atoms. The van der Waals surface area contributed by atoms with Gasteiger partial charge >= 0.3 is 0 Å². The van der Waals surface area contributed by atoms with Crippen LogP contribution in [0.3, 0.4) is 0 Å². The molecule has 0 saturated carbocycles. The van der Waals surface area contributed by atoms with Crippen molar-refractivity contribution in [3.8, 4) is 0 Å². The number of aliphatic hydroxyl groups excluding tert-OH is 1. The molecular formula is C10H18N4O2. The number of rotatable bonds is 3. The lowest BCUT2D eigenvalue weighted by Crippen LogP contribution is -2.48. The molecule has 6 heteroatoms.